The van der Waals surface area contributed by atoms with Gasteiger partial charge in [-0.1, -0.05) is 33.6 Å². The highest BCUT2D eigenvalue weighted by molar-refractivity contribution is 14.0. The van der Waals surface area contributed by atoms with Crippen LogP contribution in [0.25, 0.3) is 0 Å². The molecule has 8 heteroatoms. The molecule has 0 bridgehead atoms. The van der Waals surface area contributed by atoms with Gasteiger partial charge >= 0.3 is 0 Å². The minimum Gasteiger partial charge on any atom is -0.381 e. The van der Waals surface area contributed by atoms with Gasteiger partial charge in [0, 0.05) is 45.8 Å². The van der Waals surface area contributed by atoms with Crippen molar-refractivity contribution in [1.29, 1.82) is 0 Å². The molecule has 0 aliphatic rings. The van der Waals surface area contributed by atoms with Crippen LogP contribution >= 0.6 is 24.0 Å². The normalized spacial score (nSPS) is 11.3. The highest BCUT2D eigenvalue weighted by atomic mass is 127. The molecule has 152 valence electrons. The summed E-state index contributed by atoms with van der Waals surface area (Å²) in [5.74, 6) is 1.90. The summed E-state index contributed by atoms with van der Waals surface area (Å²) in [6.07, 6.45) is 8.27. The molecule has 1 heterocycles. The maximum atomic E-state index is 5.58. The molecule has 26 heavy (non-hydrogen) atoms. The molecule has 1 aromatic heterocycles. The number of guanidine groups is 1. The number of hydrogen-bond acceptors (Lipinski definition) is 4. The zero-order valence-corrected chi connectivity index (χ0v) is 19.0. The van der Waals surface area contributed by atoms with Crippen LogP contribution in [0.3, 0.4) is 0 Å². The second-order valence-electron chi connectivity index (χ2n) is 6.05. The van der Waals surface area contributed by atoms with Crippen LogP contribution in [-0.2, 0) is 17.7 Å². The van der Waals surface area contributed by atoms with Gasteiger partial charge in [-0.25, -0.2) is 0 Å². The Morgan fingerprint density at radius 3 is 2.54 bits per heavy atom. The lowest BCUT2D eigenvalue weighted by atomic mass is 10.3. The van der Waals surface area contributed by atoms with Gasteiger partial charge in [0.2, 0.25) is 0 Å². The summed E-state index contributed by atoms with van der Waals surface area (Å²) in [5.41, 5.74) is 0. The third-order valence-electron chi connectivity index (χ3n) is 3.84. The molecule has 1 aromatic rings. The minimum absolute atomic E-state index is 0. The van der Waals surface area contributed by atoms with Gasteiger partial charge in [0.1, 0.15) is 12.2 Å². The number of rotatable bonds is 14. The second kappa shape index (κ2) is 17.5. The van der Waals surface area contributed by atoms with E-state index in [1.165, 1.54) is 12.8 Å². The molecule has 0 aromatic carbocycles. The summed E-state index contributed by atoms with van der Waals surface area (Å²) in [7, 11) is 0. The van der Waals surface area contributed by atoms with E-state index < -0.39 is 0 Å². The number of nitrogens with one attached hydrogen (secondary N) is 2. The van der Waals surface area contributed by atoms with Gasteiger partial charge in [-0.3, -0.25) is 4.99 Å². The number of hydrogen-bond donors (Lipinski definition) is 2. The summed E-state index contributed by atoms with van der Waals surface area (Å²) >= 11 is 0. The molecule has 0 amide bonds. The lowest BCUT2D eigenvalue weighted by Crippen LogP contribution is -2.39. The van der Waals surface area contributed by atoms with Crippen molar-refractivity contribution in [3.05, 3.63) is 12.2 Å². The molecule has 0 aliphatic heterocycles. The Morgan fingerprint density at radius 2 is 1.81 bits per heavy atom. The first-order valence-corrected chi connectivity index (χ1v) is 9.78. The molecule has 0 saturated heterocycles. The zero-order chi connectivity index (χ0) is 18.2. The van der Waals surface area contributed by atoms with Gasteiger partial charge in [0.25, 0.3) is 0 Å². The van der Waals surface area contributed by atoms with E-state index in [0.717, 1.165) is 76.9 Å². The maximum Gasteiger partial charge on any atom is 0.191 e. The number of halogens is 1. The predicted octanol–water partition coefficient (Wildman–Crippen LogP) is 3.00. The van der Waals surface area contributed by atoms with Gasteiger partial charge in [-0.2, -0.15) is 0 Å². The van der Waals surface area contributed by atoms with Crippen molar-refractivity contribution in [3.63, 3.8) is 0 Å². The van der Waals surface area contributed by atoms with Crippen LogP contribution in [0.4, 0.5) is 0 Å². The van der Waals surface area contributed by atoms with Gasteiger partial charge in [-0.15, -0.1) is 34.2 Å². The molecule has 0 unspecified atom stereocenters. The fourth-order valence-electron chi connectivity index (χ4n) is 2.30. The van der Waals surface area contributed by atoms with Crippen molar-refractivity contribution < 1.29 is 4.74 Å². The third-order valence-corrected chi connectivity index (χ3v) is 3.84. The molecule has 0 atom stereocenters. The molecule has 0 aliphatic carbocycles. The first kappa shape index (κ1) is 25.1. The van der Waals surface area contributed by atoms with E-state index in [1.54, 1.807) is 6.33 Å². The summed E-state index contributed by atoms with van der Waals surface area (Å²) in [5, 5.41) is 14.9. The topological polar surface area (TPSA) is 76.4 Å². The molecule has 2 N–H and O–H groups in total. The quantitative estimate of drug-likeness (QED) is 0.185. The van der Waals surface area contributed by atoms with E-state index in [1.807, 2.05) is 0 Å². The van der Waals surface area contributed by atoms with Gasteiger partial charge < -0.3 is 19.9 Å². The van der Waals surface area contributed by atoms with Crippen LogP contribution in [0.2, 0.25) is 0 Å². The summed E-state index contributed by atoms with van der Waals surface area (Å²) in [6, 6.07) is 0. The van der Waals surface area contributed by atoms with E-state index in [0.29, 0.717) is 0 Å². The lowest BCUT2D eigenvalue weighted by molar-refractivity contribution is 0.130. The molecule has 1 rings (SSSR count). The van der Waals surface area contributed by atoms with Crippen LogP contribution in [0.1, 0.15) is 58.7 Å². The summed E-state index contributed by atoms with van der Waals surface area (Å²) in [4.78, 5) is 4.65. The number of ether oxygens (including phenoxy) is 1. The molecule has 0 saturated carbocycles. The Hall–Kier alpha value is -0.900. The fourth-order valence-corrected chi connectivity index (χ4v) is 2.30. The SMILES string of the molecule is CCCCNC(=NCCCOCCCC)NCCn1cnnc1CC.I. The van der Waals surface area contributed by atoms with E-state index >= 15 is 0 Å². The van der Waals surface area contributed by atoms with Gasteiger partial charge in [0.05, 0.1) is 0 Å². The number of aliphatic imine (C=N–C) groups is 1. The first-order valence-electron chi connectivity index (χ1n) is 9.78. The van der Waals surface area contributed by atoms with Crippen molar-refractivity contribution in [3.8, 4) is 0 Å². The number of aryl methyl sites for hydroxylation is 1. The fraction of sp³-hybridized carbons (Fsp3) is 0.833. The Kier molecular flexibility index (Phi) is 16.9. The molecule has 0 spiro atoms. The molecule has 0 radical (unpaired) electrons. The van der Waals surface area contributed by atoms with Crippen LogP contribution in [0, 0.1) is 0 Å². The van der Waals surface area contributed by atoms with E-state index in [9.17, 15) is 0 Å². The highest BCUT2D eigenvalue weighted by Gasteiger charge is 2.02. The van der Waals surface area contributed by atoms with Gasteiger partial charge in [-0.05, 0) is 19.3 Å². The van der Waals surface area contributed by atoms with Crippen molar-refractivity contribution in [1.82, 2.24) is 25.4 Å². The summed E-state index contributed by atoms with van der Waals surface area (Å²) < 4.78 is 7.66. The first-order chi connectivity index (χ1) is 12.3. The van der Waals surface area contributed by atoms with E-state index in [2.05, 4.69) is 51.2 Å². The van der Waals surface area contributed by atoms with Crippen LogP contribution < -0.4 is 10.6 Å². The Labute approximate surface area is 175 Å². The Morgan fingerprint density at radius 1 is 1.08 bits per heavy atom. The van der Waals surface area contributed by atoms with Crippen molar-refractivity contribution in [2.24, 2.45) is 4.99 Å². The van der Waals surface area contributed by atoms with Crippen LogP contribution in [0.15, 0.2) is 11.3 Å². The monoisotopic (exact) mass is 480 g/mol. The molecular formula is C18H37IN6O. The number of nitrogens with zero attached hydrogens (tertiary/aromatic N) is 4. The largest absolute Gasteiger partial charge is 0.381 e. The molecular weight excluding hydrogens is 443 g/mol. The maximum absolute atomic E-state index is 5.58. The van der Waals surface area contributed by atoms with Crippen LogP contribution in [-0.4, -0.2) is 53.6 Å². The lowest BCUT2D eigenvalue weighted by Gasteiger charge is -2.13. The smallest absolute Gasteiger partial charge is 0.191 e. The molecule has 0 fully saturated rings. The Bertz CT molecular complexity index is 466. The average molecular weight is 480 g/mol. The molecule has 7 nitrogen and oxygen atoms in total. The minimum atomic E-state index is 0. The van der Waals surface area contributed by atoms with Crippen LogP contribution in [0.5, 0.6) is 0 Å². The average Bonchev–Trinajstić information content (AvgIpc) is 3.08. The zero-order valence-electron chi connectivity index (χ0n) is 16.7. The second-order valence-corrected chi connectivity index (χ2v) is 6.05. The highest BCUT2D eigenvalue weighted by Crippen LogP contribution is 1.95. The Balaban J connectivity index is 0.00000625. The standard InChI is InChI=1S/C18H36N6O.HI/c1-4-7-10-19-18(20-11-9-15-25-14-8-5-2)21-12-13-24-16-22-23-17(24)6-3;/h16H,4-15H2,1-3H3,(H2,19,20,21);1H. The number of unbranched alkanes of at least 4 members (excludes halogenated alkanes) is 2. The summed E-state index contributed by atoms with van der Waals surface area (Å²) in [6.45, 7) is 11.5. The van der Waals surface area contributed by atoms with E-state index in [-0.39, 0.29) is 24.0 Å². The van der Waals surface area contributed by atoms with Crippen molar-refractivity contribution >= 4 is 29.9 Å². The predicted molar refractivity (Wildman–Crippen MR) is 118 cm³/mol. The third kappa shape index (κ3) is 11.7. The number of aromatic nitrogens is 3. The van der Waals surface area contributed by atoms with E-state index in [4.69, 9.17) is 4.74 Å². The van der Waals surface area contributed by atoms with Crippen molar-refractivity contribution in [2.75, 3.05) is 32.8 Å². The van der Waals surface area contributed by atoms with Gasteiger partial charge in [0.15, 0.2) is 5.96 Å². The van der Waals surface area contributed by atoms with Crippen molar-refractivity contribution in [2.45, 2.75) is 65.8 Å².